The highest BCUT2D eigenvalue weighted by Gasteiger charge is 2.43. The molecule has 3 aliphatic rings. The normalized spacial score (nSPS) is 23.7. The standard InChI is InChI=1S/C93H132N24O18S/c1-9-11-32-73-88(131)107-64(31-21-36-99-93(95)96)82(125)113-72(81(124)102-47-76(94)119)50-136-51-77(120)105-69(40-55-23-14-13-15-24-55)90(133)114(6)54(5)79(122)103-48-78(121)117-38-22-34-74(117)89(132)110-68(43-59-46-97-52-104-59)86(129)108-66(39-53(3)4)84(127)106-65(35-37-98-80(123)56-25-20-26-56)83(126)109-67(41-57-44-100-62-29-18-16-27-60(57)62)85(128)112-71(49-118)87(130)111-70(42-58-45-101-63-30-19-17-28-61(58)63)91(134)116(8)75(33-12-10-2)92(135)115(73)7/h13-19,23-24,27-30,44-46,52-54,56,64-75,100-101,118H,9-12,20-22,25-26,31-43,47-51H2,1-8H3,(H2,94,119)(H,97,104)(H,98,123)(H,102,124)(H,103,122)(H,105,120)(H,106,127)(H,107,131)(H,108,129)(H,109,126)(H,110,132)(H,111,130)(H,112,128)(H,113,125)(H4,95,96,99)/t54-,64-,65-,66-,67-,68-,69-,70-,71-,72-,73-,74-,75-/m0/s1. The molecule has 13 atom stereocenters. The van der Waals surface area contributed by atoms with Crippen molar-refractivity contribution in [2.24, 2.45) is 23.3 Å². The number of unbranched alkanes of at least 4 members (excludes halogenated alkanes) is 2. The van der Waals surface area contributed by atoms with Crippen LogP contribution in [0.25, 0.3) is 21.8 Å². The number of guanidine groups is 1. The molecule has 5 heterocycles. The molecule has 3 fully saturated rings. The lowest BCUT2D eigenvalue weighted by Gasteiger charge is -2.36. The van der Waals surface area contributed by atoms with Crippen molar-refractivity contribution >= 4 is 140 Å². The monoisotopic (exact) mass is 1900 g/mol. The zero-order valence-corrected chi connectivity index (χ0v) is 79.1. The molecular weight excluding hydrogens is 1770 g/mol. The van der Waals surface area contributed by atoms with Crippen molar-refractivity contribution in [3.63, 3.8) is 0 Å². The Bertz CT molecular complexity index is 5160. The first-order valence-electron chi connectivity index (χ1n) is 46.4. The van der Waals surface area contributed by atoms with E-state index in [1.165, 1.54) is 50.4 Å². The summed E-state index contributed by atoms with van der Waals surface area (Å²) in [6.45, 7) is 6.04. The molecule has 3 aromatic carbocycles. The van der Waals surface area contributed by atoms with E-state index in [1.54, 1.807) is 105 Å². The highest BCUT2D eigenvalue weighted by atomic mass is 32.2. The number of benzene rings is 3. The van der Waals surface area contributed by atoms with E-state index in [0.717, 1.165) is 28.0 Å². The van der Waals surface area contributed by atoms with Gasteiger partial charge in [-0.05, 0) is 106 Å². The number of carbonyl (C=O) groups excluding carboxylic acids is 17. The number of carbonyl (C=O) groups is 17. The van der Waals surface area contributed by atoms with Crippen molar-refractivity contribution in [3.8, 4) is 0 Å². The number of nitrogens with one attached hydrogen (secondary N) is 17. The van der Waals surface area contributed by atoms with Gasteiger partial charge in [-0.3, -0.25) is 86.9 Å². The Morgan fingerprint density at radius 3 is 1.68 bits per heavy atom. The van der Waals surface area contributed by atoms with E-state index in [-0.39, 0.29) is 114 Å². The number of likely N-dealkylation sites (N-methyl/N-ethyl adjacent to an activating group) is 3. The van der Waals surface area contributed by atoms with Gasteiger partial charge in [-0.25, -0.2) is 4.98 Å². The summed E-state index contributed by atoms with van der Waals surface area (Å²) in [6.07, 6.45) is 8.80. The second kappa shape index (κ2) is 52.4. The fourth-order valence-electron chi connectivity index (χ4n) is 16.5. The quantitative estimate of drug-likeness (QED) is 0.0158. The first-order chi connectivity index (χ1) is 65.1. The fourth-order valence-corrected chi connectivity index (χ4v) is 17.4. The third-order valence-corrected chi connectivity index (χ3v) is 25.7. The van der Waals surface area contributed by atoms with Gasteiger partial charge in [-0.2, -0.15) is 0 Å². The summed E-state index contributed by atoms with van der Waals surface area (Å²) in [7, 11) is 4.03. The number of amides is 17. The number of aliphatic hydroxyl groups is 1. The lowest BCUT2D eigenvalue weighted by atomic mass is 9.85. The summed E-state index contributed by atoms with van der Waals surface area (Å²) in [5.74, 6) is -16.2. The molecule has 1 saturated carbocycles. The van der Waals surface area contributed by atoms with Gasteiger partial charge in [0.1, 0.15) is 78.5 Å². The van der Waals surface area contributed by atoms with Gasteiger partial charge >= 0.3 is 0 Å². The highest BCUT2D eigenvalue weighted by Crippen LogP contribution is 2.28. The number of thioether (sulfide) groups is 1. The SMILES string of the molecule is CCCC[C@H]1C(=O)N(C)[C@@H](CCCC)C(=O)N[C@@H](CCCNC(=N)N)C(=O)N[C@H](C(=O)NCC(N)=O)CSCC(=O)N[C@@H](Cc2ccccc2)C(=O)N(C)[C@@H](C)C(=O)NCC(=O)N2CCC[C@H]2C(=O)N[C@@H](Cc2cnc[nH]2)C(=O)N[C@@H](CC(C)C)C(=O)N[C@@H](CCNC(=O)C2CCC2)C(=O)N[C@@H](Cc2c[nH]c3ccccc23)C(=O)N[C@@H](CO)C(=O)N[C@@H](Cc2c[nH]c3ccccc23)C(=O)N1C. The first kappa shape index (κ1) is 106. The third kappa shape index (κ3) is 30.8. The summed E-state index contributed by atoms with van der Waals surface area (Å²) < 4.78 is 0. The fraction of sp³-hybridized carbons (Fsp3) is 0.538. The Balaban J connectivity index is 1.09. The maximum atomic E-state index is 15.8. The lowest BCUT2D eigenvalue weighted by Crippen LogP contribution is -2.62. The molecule has 738 valence electrons. The van der Waals surface area contributed by atoms with E-state index >= 15 is 38.4 Å². The molecule has 9 rings (SSSR count). The molecule has 6 aromatic rings. The van der Waals surface area contributed by atoms with Crippen LogP contribution in [0.1, 0.15) is 153 Å². The van der Waals surface area contributed by atoms with E-state index in [4.69, 9.17) is 16.9 Å². The second-order valence-electron chi connectivity index (χ2n) is 35.2. The summed E-state index contributed by atoms with van der Waals surface area (Å²) in [5.41, 5.74) is 14.3. The molecule has 1 aliphatic carbocycles. The maximum Gasteiger partial charge on any atom is 0.245 e. The number of fused-ring (bicyclic) bond motifs is 3. The van der Waals surface area contributed by atoms with Gasteiger partial charge in [0.05, 0.1) is 31.8 Å². The molecular formula is C93H132N24O18S. The third-order valence-electron chi connectivity index (χ3n) is 24.7. The summed E-state index contributed by atoms with van der Waals surface area (Å²) >= 11 is 0.823. The predicted octanol–water partition coefficient (Wildman–Crippen LogP) is -1.05. The van der Waals surface area contributed by atoms with Crippen molar-refractivity contribution in [3.05, 3.63) is 126 Å². The van der Waals surface area contributed by atoms with E-state index in [1.807, 2.05) is 13.8 Å². The molecule has 136 heavy (non-hydrogen) atoms. The van der Waals surface area contributed by atoms with Gasteiger partial charge < -0.3 is 120 Å². The maximum absolute atomic E-state index is 15.8. The van der Waals surface area contributed by atoms with E-state index < -0.39 is 204 Å². The van der Waals surface area contributed by atoms with Crippen LogP contribution in [-0.4, -0.2) is 302 Å². The van der Waals surface area contributed by atoms with Crippen LogP contribution < -0.4 is 80.6 Å². The number of hydrogen-bond donors (Lipinski definition) is 20. The Hall–Kier alpha value is -13.5. The van der Waals surface area contributed by atoms with Crippen LogP contribution >= 0.6 is 11.8 Å². The minimum absolute atomic E-state index is 0.000403. The van der Waals surface area contributed by atoms with Gasteiger partial charge in [0, 0.05) is 124 Å². The van der Waals surface area contributed by atoms with Crippen molar-refractivity contribution in [1.29, 1.82) is 5.41 Å². The summed E-state index contributed by atoms with van der Waals surface area (Å²) in [4.78, 5) is 268. The van der Waals surface area contributed by atoms with E-state index in [2.05, 4.69) is 89.1 Å². The topological polar surface area (TPSA) is 616 Å². The molecule has 2 aliphatic heterocycles. The van der Waals surface area contributed by atoms with Crippen molar-refractivity contribution in [2.75, 3.05) is 72.0 Å². The highest BCUT2D eigenvalue weighted by molar-refractivity contribution is 8.00. The summed E-state index contributed by atoms with van der Waals surface area (Å²) in [5, 5.41) is 55.5. The minimum atomic E-state index is -1.89. The van der Waals surface area contributed by atoms with Crippen LogP contribution in [0.3, 0.4) is 0 Å². The number of rotatable bonds is 28. The zero-order valence-electron chi connectivity index (χ0n) is 78.3. The smallest absolute Gasteiger partial charge is 0.245 e. The van der Waals surface area contributed by atoms with Crippen LogP contribution in [0.4, 0.5) is 0 Å². The first-order valence-corrected chi connectivity index (χ1v) is 47.5. The number of para-hydroxylation sites is 2. The molecule has 0 radical (unpaired) electrons. The largest absolute Gasteiger partial charge is 0.394 e. The van der Waals surface area contributed by atoms with Crippen molar-refractivity contribution in [1.82, 2.24) is 109 Å². The average Bonchev–Trinajstić information content (AvgIpc) is 1.70. The van der Waals surface area contributed by atoms with E-state index in [9.17, 15) is 48.3 Å². The number of hydrogen-bond acceptors (Lipinski definition) is 21. The molecule has 43 heteroatoms. The Morgan fingerprint density at radius 1 is 0.529 bits per heavy atom. The molecule has 0 unspecified atom stereocenters. The number of H-pyrrole nitrogens is 3. The molecule has 0 spiro atoms. The number of primary amides is 1. The van der Waals surface area contributed by atoms with Gasteiger partial charge in [0.2, 0.25) is 100 Å². The van der Waals surface area contributed by atoms with E-state index in [0.29, 0.717) is 89.1 Å². The molecule has 22 N–H and O–H groups in total. The van der Waals surface area contributed by atoms with Gasteiger partial charge in [-0.15, -0.1) is 11.8 Å². The molecule has 0 bridgehead atoms. The van der Waals surface area contributed by atoms with Crippen LogP contribution in [0.15, 0.2) is 104 Å². The number of nitrogens with zero attached hydrogens (tertiary/aromatic N) is 5. The van der Waals surface area contributed by atoms with Gasteiger partial charge in [0.25, 0.3) is 0 Å². The van der Waals surface area contributed by atoms with Crippen molar-refractivity contribution in [2.45, 2.75) is 235 Å². The van der Waals surface area contributed by atoms with Crippen LogP contribution in [0.2, 0.25) is 0 Å². The second-order valence-corrected chi connectivity index (χ2v) is 36.2. The molecule has 17 amide bonds. The Labute approximate surface area is 793 Å². The number of aliphatic hydroxyl groups excluding tert-OH is 1. The van der Waals surface area contributed by atoms with Crippen LogP contribution in [-0.2, 0) is 107 Å². The van der Waals surface area contributed by atoms with Gasteiger partial charge in [0.15, 0.2) is 5.96 Å². The number of nitrogens with two attached hydrogens (primary N) is 2. The predicted molar refractivity (Wildman–Crippen MR) is 506 cm³/mol. The Morgan fingerprint density at radius 2 is 1.07 bits per heavy atom. The molecule has 2 saturated heterocycles. The number of imidazole rings is 1. The zero-order chi connectivity index (χ0) is 98.8. The van der Waals surface area contributed by atoms with Crippen LogP contribution in [0.5, 0.6) is 0 Å². The minimum Gasteiger partial charge on any atom is -0.394 e. The number of aromatic amines is 3. The molecule has 42 nitrogen and oxygen atoms in total. The number of aromatic nitrogens is 4. The summed E-state index contributed by atoms with van der Waals surface area (Å²) in [6, 6.07) is 3.39. The van der Waals surface area contributed by atoms with Gasteiger partial charge in [-0.1, -0.05) is 127 Å². The average molecular weight is 1910 g/mol. The molecule has 3 aromatic heterocycles. The lowest BCUT2D eigenvalue weighted by molar-refractivity contribution is -0.149. The Kier molecular flexibility index (Phi) is 40.9. The van der Waals surface area contributed by atoms with Crippen LogP contribution in [0, 0.1) is 17.2 Å². The van der Waals surface area contributed by atoms with Crippen molar-refractivity contribution < 1.29 is 86.6 Å².